The number of ether oxygens (including phenoxy) is 1. The van der Waals surface area contributed by atoms with Crippen molar-refractivity contribution in [1.29, 1.82) is 0 Å². The second-order valence-corrected chi connectivity index (χ2v) is 6.40. The lowest BCUT2D eigenvalue weighted by atomic mass is 10.1. The van der Waals surface area contributed by atoms with Crippen molar-refractivity contribution in [2.45, 2.75) is 0 Å². The van der Waals surface area contributed by atoms with Gasteiger partial charge < -0.3 is 14.5 Å². The van der Waals surface area contributed by atoms with Gasteiger partial charge in [-0.25, -0.2) is 0 Å². The lowest BCUT2D eigenvalue weighted by molar-refractivity contribution is 0.0747. The molecule has 1 saturated heterocycles. The van der Waals surface area contributed by atoms with E-state index in [-0.39, 0.29) is 5.91 Å². The van der Waals surface area contributed by atoms with Crippen molar-refractivity contribution >= 4 is 27.5 Å². The van der Waals surface area contributed by atoms with Gasteiger partial charge in [-0.2, -0.15) is 0 Å². The smallest absolute Gasteiger partial charge is 0.253 e. The number of rotatable bonds is 3. The zero-order valence-electron chi connectivity index (χ0n) is 13.0. The number of benzene rings is 2. The number of halogens is 1. The van der Waals surface area contributed by atoms with Gasteiger partial charge in [-0.15, -0.1) is 0 Å². The Kier molecular flexibility index (Phi) is 4.86. The fraction of sp³-hybridized carbons (Fsp3) is 0.278. The van der Waals surface area contributed by atoms with E-state index in [4.69, 9.17) is 4.74 Å². The first kappa shape index (κ1) is 15.9. The molecular formula is C18H19BrN2O2. The number of nitrogens with zero attached hydrogens (tertiary/aromatic N) is 2. The summed E-state index contributed by atoms with van der Waals surface area (Å²) in [6, 6.07) is 15.6. The fourth-order valence-corrected chi connectivity index (χ4v) is 3.01. The van der Waals surface area contributed by atoms with Gasteiger partial charge in [-0.05, 0) is 36.4 Å². The zero-order valence-corrected chi connectivity index (χ0v) is 14.6. The van der Waals surface area contributed by atoms with E-state index in [1.807, 2.05) is 47.4 Å². The molecule has 1 fully saturated rings. The molecule has 1 amide bonds. The maximum Gasteiger partial charge on any atom is 0.253 e. The monoisotopic (exact) mass is 374 g/mol. The van der Waals surface area contributed by atoms with E-state index in [2.05, 4.69) is 26.9 Å². The molecule has 0 unspecified atom stereocenters. The van der Waals surface area contributed by atoms with Crippen molar-refractivity contribution in [3.05, 3.63) is 58.6 Å². The third kappa shape index (κ3) is 3.67. The molecule has 0 N–H and O–H groups in total. The quantitative estimate of drug-likeness (QED) is 0.824. The first-order valence-electron chi connectivity index (χ1n) is 7.61. The molecule has 1 aliphatic rings. The molecule has 3 rings (SSSR count). The molecule has 4 nitrogen and oxygen atoms in total. The third-order valence-corrected chi connectivity index (χ3v) is 4.61. The van der Waals surface area contributed by atoms with Gasteiger partial charge in [0, 0.05) is 48.0 Å². The summed E-state index contributed by atoms with van der Waals surface area (Å²) in [5.74, 6) is 0.957. The van der Waals surface area contributed by atoms with Gasteiger partial charge in [-0.3, -0.25) is 4.79 Å². The van der Waals surface area contributed by atoms with Crippen LogP contribution in [0.3, 0.4) is 0 Å². The first-order valence-corrected chi connectivity index (χ1v) is 8.40. The molecule has 0 bridgehead atoms. The zero-order chi connectivity index (χ0) is 16.2. The molecule has 0 atom stereocenters. The van der Waals surface area contributed by atoms with Crippen LogP contribution >= 0.6 is 15.9 Å². The molecule has 1 aliphatic heterocycles. The minimum absolute atomic E-state index is 0.0998. The molecule has 2 aromatic carbocycles. The topological polar surface area (TPSA) is 32.8 Å². The van der Waals surface area contributed by atoms with Crippen LogP contribution < -0.4 is 9.64 Å². The Balaban J connectivity index is 1.63. The number of hydrogen-bond acceptors (Lipinski definition) is 3. The van der Waals surface area contributed by atoms with Crippen LogP contribution in [-0.4, -0.2) is 44.1 Å². The lowest BCUT2D eigenvalue weighted by Crippen LogP contribution is -2.48. The van der Waals surface area contributed by atoms with Crippen LogP contribution in [0, 0.1) is 0 Å². The number of piperazine rings is 1. The fourth-order valence-electron chi connectivity index (χ4n) is 2.75. The highest BCUT2D eigenvalue weighted by Crippen LogP contribution is 2.22. The lowest BCUT2D eigenvalue weighted by Gasteiger charge is -2.36. The van der Waals surface area contributed by atoms with Crippen molar-refractivity contribution in [3.63, 3.8) is 0 Å². The highest BCUT2D eigenvalue weighted by Gasteiger charge is 2.22. The maximum absolute atomic E-state index is 12.5. The summed E-state index contributed by atoms with van der Waals surface area (Å²) < 4.78 is 6.26. The Hall–Kier alpha value is -2.01. The molecule has 2 aromatic rings. The summed E-state index contributed by atoms with van der Waals surface area (Å²) in [6.45, 7) is 3.11. The van der Waals surface area contributed by atoms with Crippen molar-refractivity contribution in [1.82, 2.24) is 4.90 Å². The summed E-state index contributed by atoms with van der Waals surface area (Å²) in [5.41, 5.74) is 1.88. The summed E-state index contributed by atoms with van der Waals surface area (Å²) in [4.78, 5) is 16.7. The van der Waals surface area contributed by atoms with E-state index in [1.54, 1.807) is 7.11 Å². The average Bonchev–Trinajstić information content (AvgIpc) is 2.62. The summed E-state index contributed by atoms with van der Waals surface area (Å²) >= 11 is 3.39. The van der Waals surface area contributed by atoms with Crippen molar-refractivity contribution in [2.75, 3.05) is 38.2 Å². The Morgan fingerprint density at radius 3 is 2.39 bits per heavy atom. The predicted molar refractivity (Wildman–Crippen MR) is 95.3 cm³/mol. The molecule has 23 heavy (non-hydrogen) atoms. The van der Waals surface area contributed by atoms with Crippen LogP contribution in [0.5, 0.6) is 5.75 Å². The summed E-state index contributed by atoms with van der Waals surface area (Å²) in [6.07, 6.45) is 0. The van der Waals surface area contributed by atoms with Crippen LogP contribution in [0.4, 0.5) is 5.69 Å². The number of hydrogen-bond donors (Lipinski definition) is 0. The second-order valence-electron chi connectivity index (χ2n) is 5.49. The molecule has 0 aromatic heterocycles. The minimum atomic E-state index is 0.0998. The van der Waals surface area contributed by atoms with Crippen molar-refractivity contribution in [3.8, 4) is 5.75 Å². The highest BCUT2D eigenvalue weighted by atomic mass is 79.9. The number of carbonyl (C=O) groups excluding carboxylic acids is 1. The Morgan fingerprint density at radius 2 is 1.74 bits per heavy atom. The maximum atomic E-state index is 12.5. The van der Waals surface area contributed by atoms with Crippen LogP contribution in [0.2, 0.25) is 0 Å². The minimum Gasteiger partial charge on any atom is -0.497 e. The molecule has 120 valence electrons. The van der Waals surface area contributed by atoms with E-state index in [9.17, 15) is 4.79 Å². The molecule has 5 heteroatoms. The molecule has 1 heterocycles. The third-order valence-electron chi connectivity index (χ3n) is 4.08. The number of anilines is 1. The molecule has 0 radical (unpaired) electrons. The standard InChI is InChI=1S/C18H19BrN2O2/c1-23-17-4-2-3-16(13-17)20-9-11-21(12-10-20)18(22)14-5-7-15(19)8-6-14/h2-8,13H,9-12H2,1H3. The Bertz CT molecular complexity index is 680. The van der Waals surface area contributed by atoms with Crippen LogP contribution in [0.25, 0.3) is 0 Å². The first-order chi connectivity index (χ1) is 11.2. The highest BCUT2D eigenvalue weighted by molar-refractivity contribution is 9.10. The number of carbonyl (C=O) groups is 1. The normalized spacial score (nSPS) is 14.7. The van der Waals surface area contributed by atoms with E-state index in [0.29, 0.717) is 0 Å². The Labute approximate surface area is 144 Å². The Morgan fingerprint density at radius 1 is 1.04 bits per heavy atom. The van der Waals surface area contributed by atoms with Crippen molar-refractivity contribution in [2.24, 2.45) is 0 Å². The van der Waals surface area contributed by atoms with Gasteiger partial charge in [0.25, 0.3) is 5.91 Å². The predicted octanol–water partition coefficient (Wildman–Crippen LogP) is 3.42. The summed E-state index contributed by atoms with van der Waals surface area (Å²) in [7, 11) is 1.67. The number of methoxy groups -OCH3 is 1. The van der Waals surface area contributed by atoms with Crippen LogP contribution in [0.1, 0.15) is 10.4 Å². The van der Waals surface area contributed by atoms with E-state index < -0.39 is 0 Å². The van der Waals surface area contributed by atoms with Gasteiger partial charge in [0.2, 0.25) is 0 Å². The van der Waals surface area contributed by atoms with Gasteiger partial charge in [0.05, 0.1) is 7.11 Å². The molecule has 0 spiro atoms. The van der Waals surface area contributed by atoms with Gasteiger partial charge in [0.1, 0.15) is 5.75 Å². The van der Waals surface area contributed by atoms with E-state index >= 15 is 0 Å². The van der Waals surface area contributed by atoms with Gasteiger partial charge in [-0.1, -0.05) is 22.0 Å². The molecule has 0 aliphatic carbocycles. The van der Waals surface area contributed by atoms with Crippen LogP contribution in [-0.2, 0) is 0 Å². The van der Waals surface area contributed by atoms with E-state index in [1.165, 1.54) is 0 Å². The SMILES string of the molecule is COc1cccc(N2CCN(C(=O)c3ccc(Br)cc3)CC2)c1. The van der Waals surface area contributed by atoms with Gasteiger partial charge in [0.15, 0.2) is 0 Å². The molecular weight excluding hydrogens is 356 g/mol. The number of amides is 1. The van der Waals surface area contributed by atoms with E-state index in [0.717, 1.165) is 47.7 Å². The molecule has 0 saturated carbocycles. The van der Waals surface area contributed by atoms with Crippen molar-refractivity contribution < 1.29 is 9.53 Å². The van der Waals surface area contributed by atoms with Crippen LogP contribution in [0.15, 0.2) is 53.0 Å². The average molecular weight is 375 g/mol. The second kappa shape index (κ2) is 7.04. The summed E-state index contributed by atoms with van der Waals surface area (Å²) in [5, 5.41) is 0. The van der Waals surface area contributed by atoms with Gasteiger partial charge >= 0.3 is 0 Å². The largest absolute Gasteiger partial charge is 0.497 e.